The maximum Gasteiger partial charge on any atom is 0.195 e. The fraction of sp³-hybridized carbons (Fsp3) is 0.143. The van der Waals surface area contributed by atoms with Gasteiger partial charge in [0.25, 0.3) is 0 Å². The second-order valence-corrected chi connectivity index (χ2v) is 4.62. The maximum atomic E-state index is 11.2. The highest BCUT2D eigenvalue weighted by atomic mass is 32.2. The zero-order valence-corrected chi connectivity index (χ0v) is 7.67. The minimum absolute atomic E-state index is 0.0197. The van der Waals surface area contributed by atoms with E-state index in [2.05, 4.69) is 15.0 Å². The molecule has 0 radical (unpaired) electrons. The van der Waals surface area contributed by atoms with Crippen LogP contribution in [0.4, 0.5) is 0 Å². The summed E-state index contributed by atoms with van der Waals surface area (Å²) in [5.74, 6) is 0. The van der Waals surface area contributed by atoms with Gasteiger partial charge in [0.05, 0.1) is 11.8 Å². The summed E-state index contributed by atoms with van der Waals surface area (Å²) in [6.45, 7) is 0. The van der Waals surface area contributed by atoms with E-state index in [4.69, 9.17) is 0 Å². The van der Waals surface area contributed by atoms with Crippen LogP contribution >= 0.6 is 0 Å². The maximum absolute atomic E-state index is 11.2. The lowest BCUT2D eigenvalue weighted by Crippen LogP contribution is -2.00. The minimum Gasteiger partial charge on any atom is -0.344 e. The number of sulfone groups is 1. The third kappa shape index (κ3) is 1.29. The van der Waals surface area contributed by atoms with Gasteiger partial charge in [0, 0.05) is 12.5 Å². The topological polar surface area (TPSA) is 75.7 Å². The smallest absolute Gasteiger partial charge is 0.195 e. The van der Waals surface area contributed by atoms with Crippen molar-refractivity contribution in [3.8, 4) is 0 Å². The van der Waals surface area contributed by atoms with Gasteiger partial charge >= 0.3 is 0 Å². The standard InChI is InChI=1S/C7H7N3O2S/c1-13(11,12)7-6-5(2-3-8-7)9-4-10-6/h2-4H,1H3,(H,9,10). The molecule has 68 valence electrons. The van der Waals surface area contributed by atoms with Gasteiger partial charge in [0.1, 0.15) is 5.52 Å². The van der Waals surface area contributed by atoms with Crippen LogP contribution in [0.25, 0.3) is 11.0 Å². The highest BCUT2D eigenvalue weighted by Gasteiger charge is 2.14. The number of nitrogens with zero attached hydrogens (tertiary/aromatic N) is 2. The molecule has 0 spiro atoms. The molecule has 6 heteroatoms. The molecule has 0 saturated carbocycles. The fourth-order valence-corrected chi connectivity index (χ4v) is 1.88. The van der Waals surface area contributed by atoms with Crippen molar-refractivity contribution in [2.75, 3.05) is 6.26 Å². The lowest BCUT2D eigenvalue weighted by atomic mass is 10.4. The van der Waals surface area contributed by atoms with Crippen LogP contribution in [-0.4, -0.2) is 29.6 Å². The van der Waals surface area contributed by atoms with E-state index < -0.39 is 9.84 Å². The summed E-state index contributed by atoms with van der Waals surface area (Å²) in [6.07, 6.45) is 4.00. The molecule has 2 heterocycles. The lowest BCUT2D eigenvalue weighted by Gasteiger charge is -1.96. The number of hydrogen-bond donors (Lipinski definition) is 1. The largest absolute Gasteiger partial charge is 0.344 e. The third-order valence-electron chi connectivity index (χ3n) is 1.66. The molecule has 2 rings (SSSR count). The van der Waals surface area contributed by atoms with Crippen LogP contribution < -0.4 is 0 Å². The molecule has 0 amide bonds. The van der Waals surface area contributed by atoms with Crippen molar-refractivity contribution in [3.05, 3.63) is 18.6 Å². The van der Waals surface area contributed by atoms with Gasteiger partial charge in [0.15, 0.2) is 14.9 Å². The van der Waals surface area contributed by atoms with Gasteiger partial charge < -0.3 is 4.98 Å². The Balaban J connectivity index is 2.91. The van der Waals surface area contributed by atoms with Crippen LogP contribution in [0.2, 0.25) is 0 Å². The Morgan fingerprint density at radius 3 is 2.85 bits per heavy atom. The van der Waals surface area contributed by atoms with E-state index in [0.717, 1.165) is 6.26 Å². The van der Waals surface area contributed by atoms with Crippen molar-refractivity contribution in [3.63, 3.8) is 0 Å². The molecule has 2 aromatic rings. The van der Waals surface area contributed by atoms with E-state index in [1.54, 1.807) is 6.07 Å². The van der Waals surface area contributed by atoms with Crippen LogP contribution in [0.3, 0.4) is 0 Å². The zero-order valence-electron chi connectivity index (χ0n) is 6.85. The summed E-state index contributed by atoms with van der Waals surface area (Å²) in [7, 11) is -3.29. The second kappa shape index (κ2) is 2.53. The average molecular weight is 197 g/mol. The van der Waals surface area contributed by atoms with E-state index in [9.17, 15) is 8.42 Å². The molecule has 0 aliphatic rings. The molecule has 1 N–H and O–H groups in total. The summed E-state index contributed by atoms with van der Waals surface area (Å²) in [4.78, 5) is 10.5. The number of pyridine rings is 1. The second-order valence-electron chi connectivity index (χ2n) is 2.69. The highest BCUT2D eigenvalue weighted by Crippen LogP contribution is 2.15. The van der Waals surface area contributed by atoms with Gasteiger partial charge in [-0.3, -0.25) is 0 Å². The van der Waals surface area contributed by atoms with E-state index in [1.807, 2.05) is 0 Å². The predicted molar refractivity (Wildman–Crippen MR) is 47.0 cm³/mol. The number of rotatable bonds is 1. The van der Waals surface area contributed by atoms with E-state index in [-0.39, 0.29) is 5.03 Å². The monoisotopic (exact) mass is 197 g/mol. The Morgan fingerprint density at radius 1 is 1.38 bits per heavy atom. The average Bonchev–Trinajstić information content (AvgIpc) is 2.48. The van der Waals surface area contributed by atoms with Crippen molar-refractivity contribution in [1.82, 2.24) is 15.0 Å². The number of aromatic nitrogens is 3. The summed E-state index contributed by atoms with van der Waals surface area (Å²) in [5.41, 5.74) is 1.07. The fourth-order valence-electron chi connectivity index (χ4n) is 1.11. The van der Waals surface area contributed by atoms with Crippen molar-refractivity contribution >= 4 is 20.9 Å². The molecule has 2 aromatic heterocycles. The molecule has 0 fully saturated rings. The number of imidazole rings is 1. The summed E-state index contributed by atoms with van der Waals surface area (Å²) in [6, 6.07) is 1.68. The third-order valence-corrected chi connectivity index (χ3v) is 2.66. The number of aromatic amines is 1. The van der Waals surface area contributed by atoms with E-state index in [0.29, 0.717) is 11.0 Å². The van der Waals surface area contributed by atoms with Crippen LogP contribution in [0.15, 0.2) is 23.6 Å². The van der Waals surface area contributed by atoms with Gasteiger partial charge in [0.2, 0.25) is 0 Å². The molecular formula is C7H7N3O2S. The normalized spacial score (nSPS) is 12.1. The quantitative estimate of drug-likeness (QED) is 0.716. The Kier molecular flexibility index (Phi) is 1.59. The van der Waals surface area contributed by atoms with Crippen LogP contribution in [-0.2, 0) is 9.84 Å². The minimum atomic E-state index is -3.29. The van der Waals surface area contributed by atoms with E-state index >= 15 is 0 Å². The summed E-state index contributed by atoms with van der Waals surface area (Å²) < 4.78 is 22.5. The molecule has 0 saturated heterocycles. The van der Waals surface area contributed by atoms with Crippen molar-refractivity contribution in [2.24, 2.45) is 0 Å². The molecule has 5 nitrogen and oxygen atoms in total. The Bertz CT molecular complexity index is 544. The molecule has 0 bridgehead atoms. The van der Waals surface area contributed by atoms with Gasteiger partial charge in [-0.1, -0.05) is 0 Å². The van der Waals surface area contributed by atoms with Crippen molar-refractivity contribution in [1.29, 1.82) is 0 Å². The Hall–Kier alpha value is -1.43. The first-order chi connectivity index (χ1) is 6.09. The first-order valence-electron chi connectivity index (χ1n) is 3.57. The zero-order chi connectivity index (χ0) is 9.47. The SMILES string of the molecule is CS(=O)(=O)c1nccc2[nH]cnc12. The van der Waals surface area contributed by atoms with Crippen LogP contribution in [0, 0.1) is 0 Å². The molecule has 13 heavy (non-hydrogen) atoms. The van der Waals surface area contributed by atoms with E-state index in [1.165, 1.54) is 12.5 Å². The molecule has 0 atom stereocenters. The Labute approximate surface area is 74.8 Å². The van der Waals surface area contributed by atoms with Crippen LogP contribution in [0.1, 0.15) is 0 Å². The molecule has 0 aromatic carbocycles. The number of hydrogen-bond acceptors (Lipinski definition) is 4. The van der Waals surface area contributed by atoms with Gasteiger partial charge in [-0.15, -0.1) is 0 Å². The predicted octanol–water partition coefficient (Wildman–Crippen LogP) is 0.361. The van der Waals surface area contributed by atoms with Crippen molar-refractivity contribution < 1.29 is 8.42 Å². The Morgan fingerprint density at radius 2 is 2.15 bits per heavy atom. The lowest BCUT2D eigenvalue weighted by molar-refractivity contribution is 0.599. The highest BCUT2D eigenvalue weighted by molar-refractivity contribution is 7.90. The van der Waals surface area contributed by atoms with Gasteiger partial charge in [-0.2, -0.15) is 0 Å². The number of nitrogens with one attached hydrogen (secondary N) is 1. The first-order valence-corrected chi connectivity index (χ1v) is 5.46. The molecule has 0 unspecified atom stereocenters. The summed E-state index contributed by atoms with van der Waals surface area (Å²) in [5, 5.41) is 0.0197. The molecule has 0 aliphatic carbocycles. The molecular weight excluding hydrogens is 190 g/mol. The van der Waals surface area contributed by atoms with Gasteiger partial charge in [-0.25, -0.2) is 18.4 Å². The van der Waals surface area contributed by atoms with Gasteiger partial charge in [-0.05, 0) is 6.07 Å². The summed E-state index contributed by atoms with van der Waals surface area (Å²) >= 11 is 0. The number of H-pyrrole nitrogens is 1. The van der Waals surface area contributed by atoms with Crippen molar-refractivity contribution in [2.45, 2.75) is 5.03 Å². The molecule has 0 aliphatic heterocycles. The number of fused-ring (bicyclic) bond motifs is 1. The first kappa shape index (κ1) is 8.18. The van der Waals surface area contributed by atoms with Crippen LogP contribution in [0.5, 0.6) is 0 Å².